The van der Waals surface area contributed by atoms with Crippen molar-refractivity contribution >= 4 is 5.97 Å². The zero-order valence-electron chi connectivity index (χ0n) is 6.36. The summed E-state index contributed by atoms with van der Waals surface area (Å²) in [4.78, 5) is 10.1. The van der Waals surface area contributed by atoms with E-state index in [1.807, 2.05) is 6.08 Å². The van der Waals surface area contributed by atoms with Crippen LogP contribution in [0.25, 0.3) is 0 Å². The molecule has 0 amide bonds. The van der Waals surface area contributed by atoms with Crippen LogP contribution in [0.15, 0.2) is 12.2 Å². The fraction of sp³-hybridized carbons (Fsp3) is 0.667. The van der Waals surface area contributed by atoms with Gasteiger partial charge in [0.25, 0.3) is 0 Å². The van der Waals surface area contributed by atoms with Crippen LogP contribution in [0.1, 0.15) is 19.3 Å². The van der Waals surface area contributed by atoms with Gasteiger partial charge in [-0.1, -0.05) is 6.08 Å². The molecule has 0 aromatic carbocycles. The molecule has 2 rings (SSSR count). The van der Waals surface area contributed by atoms with Crippen LogP contribution in [-0.2, 0) is 4.79 Å². The Morgan fingerprint density at radius 1 is 1.45 bits per heavy atom. The van der Waals surface area contributed by atoms with E-state index in [1.165, 1.54) is 25.3 Å². The number of hydrogen-bond acceptors (Lipinski definition) is 1. The lowest BCUT2D eigenvalue weighted by molar-refractivity contribution is -0.131. The Hall–Kier alpha value is -0.790. The average Bonchev–Trinajstić information content (AvgIpc) is 2.79. The van der Waals surface area contributed by atoms with Crippen LogP contribution in [0.3, 0.4) is 0 Å². The number of allylic oxidation sites excluding steroid dienone is 1. The normalized spacial score (nSPS) is 36.0. The topological polar surface area (TPSA) is 37.3 Å². The van der Waals surface area contributed by atoms with Crippen molar-refractivity contribution in [3.8, 4) is 0 Å². The van der Waals surface area contributed by atoms with E-state index in [4.69, 9.17) is 5.11 Å². The van der Waals surface area contributed by atoms with Crippen LogP contribution in [0, 0.1) is 17.8 Å². The van der Waals surface area contributed by atoms with Crippen LogP contribution >= 0.6 is 0 Å². The molecule has 60 valence electrons. The average molecular weight is 152 g/mol. The molecule has 0 saturated heterocycles. The Morgan fingerprint density at radius 3 is 2.73 bits per heavy atom. The van der Waals surface area contributed by atoms with Crippen LogP contribution in [0.5, 0.6) is 0 Å². The molecular weight excluding hydrogens is 140 g/mol. The largest absolute Gasteiger partial charge is 0.478 e. The Labute approximate surface area is 65.9 Å². The fourth-order valence-electron chi connectivity index (χ4n) is 1.73. The first-order valence-corrected chi connectivity index (χ1v) is 4.18. The van der Waals surface area contributed by atoms with E-state index < -0.39 is 5.97 Å². The van der Waals surface area contributed by atoms with Crippen molar-refractivity contribution in [3.05, 3.63) is 12.2 Å². The van der Waals surface area contributed by atoms with E-state index in [1.54, 1.807) is 0 Å². The maximum absolute atomic E-state index is 10.1. The molecule has 2 heteroatoms. The third kappa shape index (κ3) is 1.62. The van der Waals surface area contributed by atoms with Gasteiger partial charge in [0, 0.05) is 6.08 Å². The zero-order chi connectivity index (χ0) is 7.84. The first kappa shape index (κ1) is 6.89. The summed E-state index contributed by atoms with van der Waals surface area (Å²) in [6.45, 7) is 0. The SMILES string of the molecule is O=C(O)/C=C/[C@H]1C[C@@H]1C1CC1. The van der Waals surface area contributed by atoms with Gasteiger partial charge in [-0.15, -0.1) is 0 Å². The first-order chi connectivity index (χ1) is 5.27. The van der Waals surface area contributed by atoms with Gasteiger partial charge >= 0.3 is 5.97 Å². The van der Waals surface area contributed by atoms with Gasteiger partial charge in [0.05, 0.1) is 0 Å². The van der Waals surface area contributed by atoms with E-state index in [-0.39, 0.29) is 0 Å². The maximum atomic E-state index is 10.1. The third-order valence-corrected chi connectivity index (χ3v) is 2.60. The lowest BCUT2D eigenvalue weighted by Gasteiger charge is -1.86. The predicted octanol–water partition coefficient (Wildman–Crippen LogP) is 1.67. The lowest BCUT2D eigenvalue weighted by atomic mass is 10.2. The predicted molar refractivity (Wildman–Crippen MR) is 41.1 cm³/mol. The van der Waals surface area contributed by atoms with Crippen LogP contribution in [0.4, 0.5) is 0 Å². The summed E-state index contributed by atoms with van der Waals surface area (Å²) in [6.07, 6.45) is 7.12. The van der Waals surface area contributed by atoms with Gasteiger partial charge in [0.2, 0.25) is 0 Å². The molecule has 0 aromatic rings. The second-order valence-electron chi connectivity index (χ2n) is 3.60. The molecule has 2 fully saturated rings. The van der Waals surface area contributed by atoms with E-state index in [2.05, 4.69) is 0 Å². The summed E-state index contributed by atoms with van der Waals surface area (Å²) in [5.74, 6) is 1.56. The molecule has 2 nitrogen and oxygen atoms in total. The molecule has 2 saturated carbocycles. The Morgan fingerprint density at radius 2 is 2.18 bits per heavy atom. The number of aliphatic carboxylic acids is 1. The first-order valence-electron chi connectivity index (χ1n) is 4.18. The second-order valence-corrected chi connectivity index (χ2v) is 3.60. The minimum absolute atomic E-state index is 0.596. The quantitative estimate of drug-likeness (QED) is 0.624. The smallest absolute Gasteiger partial charge is 0.327 e. The number of carboxylic acid groups (broad SMARTS) is 1. The van der Waals surface area contributed by atoms with Crippen molar-refractivity contribution in [1.29, 1.82) is 0 Å². The molecule has 1 N–H and O–H groups in total. The van der Waals surface area contributed by atoms with E-state index >= 15 is 0 Å². The highest BCUT2D eigenvalue weighted by molar-refractivity contribution is 5.79. The molecule has 0 aromatic heterocycles. The molecule has 0 spiro atoms. The minimum atomic E-state index is -0.813. The molecule has 0 unspecified atom stereocenters. The molecule has 0 radical (unpaired) electrons. The molecule has 0 heterocycles. The van der Waals surface area contributed by atoms with Crippen LogP contribution in [-0.4, -0.2) is 11.1 Å². The number of hydrogen-bond donors (Lipinski definition) is 1. The summed E-state index contributed by atoms with van der Waals surface area (Å²) in [5, 5.41) is 8.34. The van der Waals surface area contributed by atoms with Crippen molar-refractivity contribution in [2.45, 2.75) is 19.3 Å². The molecule has 2 aliphatic rings. The Balaban J connectivity index is 1.77. The molecule has 11 heavy (non-hydrogen) atoms. The van der Waals surface area contributed by atoms with Crippen molar-refractivity contribution in [1.82, 2.24) is 0 Å². The van der Waals surface area contributed by atoms with Crippen molar-refractivity contribution in [2.24, 2.45) is 17.8 Å². The Bertz CT molecular complexity index is 204. The molecule has 2 aliphatic carbocycles. The highest BCUT2D eigenvalue weighted by Crippen LogP contribution is 2.54. The van der Waals surface area contributed by atoms with Crippen LogP contribution in [0.2, 0.25) is 0 Å². The minimum Gasteiger partial charge on any atom is -0.478 e. The van der Waals surface area contributed by atoms with Gasteiger partial charge in [-0.05, 0) is 37.0 Å². The molecular formula is C9H12O2. The van der Waals surface area contributed by atoms with Gasteiger partial charge in [0.15, 0.2) is 0 Å². The van der Waals surface area contributed by atoms with E-state index in [0.29, 0.717) is 5.92 Å². The van der Waals surface area contributed by atoms with Gasteiger partial charge in [-0.25, -0.2) is 4.79 Å². The van der Waals surface area contributed by atoms with Crippen molar-refractivity contribution in [3.63, 3.8) is 0 Å². The number of carbonyl (C=O) groups is 1. The summed E-state index contributed by atoms with van der Waals surface area (Å²) < 4.78 is 0. The summed E-state index contributed by atoms with van der Waals surface area (Å²) in [5.41, 5.74) is 0. The summed E-state index contributed by atoms with van der Waals surface area (Å²) in [6, 6.07) is 0. The standard InChI is InChI=1S/C9H12O2/c10-9(11)4-3-7-5-8(7)6-1-2-6/h3-4,6-8H,1-2,5H2,(H,10,11)/b4-3+/t7-,8+/m0/s1. The monoisotopic (exact) mass is 152 g/mol. The summed E-state index contributed by atoms with van der Waals surface area (Å²) in [7, 11) is 0. The van der Waals surface area contributed by atoms with Crippen molar-refractivity contribution < 1.29 is 9.90 Å². The second kappa shape index (κ2) is 2.36. The van der Waals surface area contributed by atoms with E-state index in [0.717, 1.165) is 11.8 Å². The Kier molecular flexibility index (Phi) is 1.48. The van der Waals surface area contributed by atoms with Crippen molar-refractivity contribution in [2.75, 3.05) is 0 Å². The maximum Gasteiger partial charge on any atom is 0.327 e. The number of rotatable bonds is 3. The van der Waals surface area contributed by atoms with Gasteiger partial charge in [0.1, 0.15) is 0 Å². The fourth-order valence-corrected chi connectivity index (χ4v) is 1.73. The third-order valence-electron chi connectivity index (χ3n) is 2.60. The highest BCUT2D eigenvalue weighted by Gasteiger charge is 2.45. The van der Waals surface area contributed by atoms with Gasteiger partial charge < -0.3 is 5.11 Å². The molecule has 0 aliphatic heterocycles. The zero-order valence-corrected chi connectivity index (χ0v) is 6.36. The molecule has 0 bridgehead atoms. The molecule has 2 atom stereocenters. The number of carboxylic acids is 1. The highest BCUT2D eigenvalue weighted by atomic mass is 16.4. The van der Waals surface area contributed by atoms with Gasteiger partial charge in [-0.3, -0.25) is 0 Å². The van der Waals surface area contributed by atoms with Crippen LogP contribution < -0.4 is 0 Å². The van der Waals surface area contributed by atoms with E-state index in [9.17, 15) is 4.79 Å². The van der Waals surface area contributed by atoms with Gasteiger partial charge in [-0.2, -0.15) is 0 Å². The lowest BCUT2D eigenvalue weighted by Crippen LogP contribution is -1.87. The summed E-state index contributed by atoms with van der Waals surface area (Å²) >= 11 is 0.